The summed E-state index contributed by atoms with van der Waals surface area (Å²) < 4.78 is 0. The van der Waals surface area contributed by atoms with E-state index in [0.717, 1.165) is 5.56 Å². The Kier molecular flexibility index (Phi) is 4.47. The molecule has 0 aliphatic carbocycles. The second-order valence-electron chi connectivity index (χ2n) is 4.67. The zero-order valence-corrected chi connectivity index (χ0v) is 12.4. The molecule has 0 radical (unpaired) electrons. The van der Waals surface area contributed by atoms with Gasteiger partial charge < -0.3 is 0 Å². The molecule has 0 spiro atoms. The second-order valence-corrected chi connectivity index (χ2v) is 6.30. The number of anilines is 1. The van der Waals surface area contributed by atoms with E-state index >= 15 is 0 Å². The fourth-order valence-corrected chi connectivity index (χ4v) is 3.06. The molecule has 1 atom stereocenters. The molecule has 19 heavy (non-hydrogen) atoms. The van der Waals surface area contributed by atoms with Gasteiger partial charge in [-0.2, -0.15) is 0 Å². The molecule has 1 fully saturated rings. The van der Waals surface area contributed by atoms with Crippen LogP contribution in [0.3, 0.4) is 0 Å². The minimum absolute atomic E-state index is 0.0621. The van der Waals surface area contributed by atoms with E-state index in [9.17, 15) is 9.59 Å². The van der Waals surface area contributed by atoms with Crippen molar-refractivity contribution in [2.45, 2.75) is 20.3 Å². The molecule has 102 valence electrons. The highest BCUT2D eigenvalue weighted by molar-refractivity contribution is 8.13. The molecule has 4 nitrogen and oxygen atoms in total. The van der Waals surface area contributed by atoms with E-state index in [1.165, 1.54) is 11.8 Å². The molecule has 1 aromatic rings. The molecule has 0 aromatic carbocycles. The predicted octanol–water partition coefficient (Wildman–Crippen LogP) is 2.68. The van der Waals surface area contributed by atoms with Crippen LogP contribution in [0.25, 0.3) is 0 Å². The van der Waals surface area contributed by atoms with E-state index in [-0.39, 0.29) is 16.9 Å². The summed E-state index contributed by atoms with van der Waals surface area (Å²) in [5, 5.41) is 0.656. The summed E-state index contributed by atoms with van der Waals surface area (Å²) in [5.74, 6) is 1.62. The van der Waals surface area contributed by atoms with E-state index in [1.807, 2.05) is 6.92 Å². The Morgan fingerprint density at radius 2 is 2.37 bits per heavy atom. The van der Waals surface area contributed by atoms with Crippen molar-refractivity contribution in [3.05, 3.63) is 22.8 Å². The van der Waals surface area contributed by atoms with Crippen LogP contribution in [0.1, 0.15) is 18.9 Å². The first-order valence-electron chi connectivity index (χ1n) is 6.03. The van der Waals surface area contributed by atoms with Crippen molar-refractivity contribution in [3.63, 3.8) is 0 Å². The first-order valence-corrected chi connectivity index (χ1v) is 7.39. The van der Waals surface area contributed by atoms with Crippen molar-refractivity contribution in [1.29, 1.82) is 0 Å². The van der Waals surface area contributed by atoms with Gasteiger partial charge in [0.05, 0.1) is 5.02 Å². The number of carbonyl (C=O) groups is 2. The van der Waals surface area contributed by atoms with Crippen molar-refractivity contribution < 1.29 is 9.59 Å². The van der Waals surface area contributed by atoms with Crippen LogP contribution in [0.15, 0.2) is 12.3 Å². The van der Waals surface area contributed by atoms with Gasteiger partial charge in [-0.1, -0.05) is 23.4 Å². The van der Waals surface area contributed by atoms with Gasteiger partial charge in [-0.3, -0.25) is 14.5 Å². The number of aryl methyl sites for hydroxylation is 1. The molecule has 1 unspecified atom stereocenters. The van der Waals surface area contributed by atoms with Crippen LogP contribution < -0.4 is 4.90 Å². The van der Waals surface area contributed by atoms with Gasteiger partial charge in [0.15, 0.2) is 5.12 Å². The lowest BCUT2D eigenvalue weighted by atomic mass is 10.1. The Labute approximate surface area is 121 Å². The zero-order chi connectivity index (χ0) is 14.0. The molecule has 0 N–H and O–H groups in total. The molecule has 6 heteroatoms. The van der Waals surface area contributed by atoms with Gasteiger partial charge >= 0.3 is 0 Å². The van der Waals surface area contributed by atoms with Gasteiger partial charge in [0, 0.05) is 31.8 Å². The Morgan fingerprint density at radius 3 is 3.00 bits per heavy atom. The number of aromatic nitrogens is 1. The van der Waals surface area contributed by atoms with Gasteiger partial charge in [0.1, 0.15) is 5.82 Å². The molecule has 2 heterocycles. The lowest BCUT2D eigenvalue weighted by Crippen LogP contribution is -2.26. The van der Waals surface area contributed by atoms with E-state index < -0.39 is 0 Å². The molecule has 2 rings (SSSR count). The number of carbonyl (C=O) groups excluding carboxylic acids is 2. The van der Waals surface area contributed by atoms with Crippen LogP contribution in [0, 0.1) is 12.8 Å². The Hall–Kier alpha value is -1.07. The summed E-state index contributed by atoms with van der Waals surface area (Å²) in [6, 6.07) is 1.80. The first kappa shape index (κ1) is 14.3. The standard InChI is InChI=1S/C13H15ClN2O2S/c1-8-3-11(14)5-15-13(8)16-6-10(4-12(16)18)7-19-9(2)17/h3,5,10H,4,6-7H2,1-2H3. The summed E-state index contributed by atoms with van der Waals surface area (Å²) in [6.07, 6.45) is 2.03. The molecule has 1 aliphatic rings. The molecule has 0 bridgehead atoms. The number of hydrogen-bond acceptors (Lipinski definition) is 4. The average Bonchev–Trinajstić information content (AvgIpc) is 2.68. The second kappa shape index (κ2) is 5.92. The molecule has 1 aliphatic heterocycles. The van der Waals surface area contributed by atoms with Crippen molar-refractivity contribution in [2.75, 3.05) is 17.2 Å². The SMILES string of the molecule is CC(=O)SCC1CC(=O)N(c2ncc(Cl)cc2C)C1. The van der Waals surface area contributed by atoms with Crippen molar-refractivity contribution in [3.8, 4) is 0 Å². The fourth-order valence-electron chi connectivity index (χ4n) is 2.15. The normalized spacial score (nSPS) is 19.0. The molecule has 1 amide bonds. The third-order valence-electron chi connectivity index (χ3n) is 3.00. The minimum Gasteiger partial charge on any atom is -0.296 e. The third kappa shape index (κ3) is 3.48. The van der Waals surface area contributed by atoms with Crippen LogP contribution in [0.2, 0.25) is 5.02 Å². The summed E-state index contributed by atoms with van der Waals surface area (Å²) in [4.78, 5) is 28.9. The Morgan fingerprint density at radius 1 is 1.63 bits per heavy atom. The maximum Gasteiger partial charge on any atom is 0.228 e. The highest BCUT2D eigenvalue weighted by Crippen LogP contribution is 2.29. The fraction of sp³-hybridized carbons (Fsp3) is 0.462. The van der Waals surface area contributed by atoms with Crippen LogP contribution in [0.5, 0.6) is 0 Å². The van der Waals surface area contributed by atoms with E-state index in [1.54, 1.807) is 24.1 Å². The van der Waals surface area contributed by atoms with Gasteiger partial charge in [0.25, 0.3) is 0 Å². The molecule has 1 aromatic heterocycles. The summed E-state index contributed by atoms with van der Waals surface area (Å²) >= 11 is 7.14. The highest BCUT2D eigenvalue weighted by Gasteiger charge is 2.32. The number of thioether (sulfide) groups is 1. The van der Waals surface area contributed by atoms with Gasteiger partial charge in [-0.25, -0.2) is 4.98 Å². The molecular weight excluding hydrogens is 284 g/mol. The average molecular weight is 299 g/mol. The van der Waals surface area contributed by atoms with E-state index in [0.29, 0.717) is 29.6 Å². The monoisotopic (exact) mass is 298 g/mol. The topological polar surface area (TPSA) is 50.3 Å². The van der Waals surface area contributed by atoms with Crippen molar-refractivity contribution >= 4 is 40.2 Å². The first-order chi connectivity index (χ1) is 8.97. The number of pyridine rings is 1. The molecule has 1 saturated heterocycles. The predicted molar refractivity (Wildman–Crippen MR) is 77.6 cm³/mol. The summed E-state index contributed by atoms with van der Waals surface area (Å²) in [5.41, 5.74) is 0.890. The number of nitrogens with zero attached hydrogens (tertiary/aromatic N) is 2. The minimum atomic E-state index is 0.0621. The van der Waals surface area contributed by atoms with Crippen LogP contribution >= 0.6 is 23.4 Å². The summed E-state index contributed by atoms with van der Waals surface area (Å²) in [7, 11) is 0. The number of rotatable bonds is 3. The van der Waals surface area contributed by atoms with Crippen molar-refractivity contribution in [2.24, 2.45) is 5.92 Å². The van der Waals surface area contributed by atoms with Crippen LogP contribution in [-0.2, 0) is 9.59 Å². The largest absolute Gasteiger partial charge is 0.296 e. The third-order valence-corrected chi connectivity index (χ3v) is 4.25. The Bertz CT molecular complexity index is 521. The lowest BCUT2D eigenvalue weighted by Gasteiger charge is -2.17. The van der Waals surface area contributed by atoms with Crippen molar-refractivity contribution in [1.82, 2.24) is 4.98 Å². The van der Waals surface area contributed by atoms with Gasteiger partial charge in [-0.05, 0) is 24.5 Å². The van der Waals surface area contributed by atoms with Gasteiger partial charge in [-0.15, -0.1) is 0 Å². The summed E-state index contributed by atoms with van der Waals surface area (Å²) in [6.45, 7) is 4.05. The molecule has 0 saturated carbocycles. The zero-order valence-electron chi connectivity index (χ0n) is 10.9. The van der Waals surface area contributed by atoms with E-state index in [4.69, 9.17) is 11.6 Å². The maximum atomic E-state index is 12.0. The smallest absolute Gasteiger partial charge is 0.228 e. The van der Waals surface area contributed by atoms with Crippen LogP contribution in [-0.4, -0.2) is 28.3 Å². The van der Waals surface area contributed by atoms with Crippen LogP contribution in [0.4, 0.5) is 5.82 Å². The number of halogens is 1. The lowest BCUT2D eigenvalue weighted by molar-refractivity contribution is -0.117. The number of amides is 1. The molecular formula is C13H15ClN2O2S. The number of hydrogen-bond donors (Lipinski definition) is 0. The quantitative estimate of drug-likeness (QED) is 0.861. The Balaban J connectivity index is 2.09. The van der Waals surface area contributed by atoms with Gasteiger partial charge in [0.2, 0.25) is 5.91 Å². The van der Waals surface area contributed by atoms with E-state index in [2.05, 4.69) is 4.98 Å². The highest BCUT2D eigenvalue weighted by atomic mass is 35.5. The maximum absolute atomic E-state index is 12.0.